The highest BCUT2D eigenvalue weighted by Crippen LogP contribution is 2.18. The third-order valence-corrected chi connectivity index (χ3v) is 1.98. The van der Waals surface area contributed by atoms with Crippen LogP contribution in [0, 0.1) is 6.92 Å². The predicted molar refractivity (Wildman–Crippen MR) is 41.6 cm³/mol. The summed E-state index contributed by atoms with van der Waals surface area (Å²) >= 11 is 0. The number of aromatic nitrogens is 1. The Morgan fingerprint density at radius 2 is 2.58 bits per heavy atom. The molecule has 1 aromatic rings. The Morgan fingerprint density at radius 1 is 1.75 bits per heavy atom. The number of ketones is 1. The topological polar surface area (TPSA) is 55.1 Å². The van der Waals surface area contributed by atoms with Gasteiger partial charge in [0.2, 0.25) is 0 Å². The third-order valence-electron chi connectivity index (χ3n) is 1.98. The minimum atomic E-state index is -0.234. The molecule has 0 radical (unpaired) electrons. The molecule has 12 heavy (non-hydrogen) atoms. The van der Waals surface area contributed by atoms with Gasteiger partial charge in [-0.3, -0.25) is 4.79 Å². The molecule has 1 aromatic heterocycles. The van der Waals surface area contributed by atoms with Crippen LogP contribution in [0.4, 0.5) is 0 Å². The minimum absolute atomic E-state index is 0.198. The summed E-state index contributed by atoms with van der Waals surface area (Å²) in [7, 11) is 0. The summed E-state index contributed by atoms with van der Waals surface area (Å²) in [6.45, 7) is 2.56. The second kappa shape index (κ2) is 2.71. The van der Waals surface area contributed by atoms with Gasteiger partial charge < -0.3 is 9.84 Å². The Balaban J connectivity index is 2.24. The van der Waals surface area contributed by atoms with Gasteiger partial charge in [-0.25, -0.2) is 0 Å². The summed E-state index contributed by atoms with van der Waals surface area (Å²) < 4.78 is 4.88. The first-order chi connectivity index (χ1) is 5.77. The molecule has 0 spiro atoms. The van der Waals surface area contributed by atoms with Crippen LogP contribution >= 0.6 is 0 Å². The van der Waals surface area contributed by atoms with Crippen molar-refractivity contribution in [3.05, 3.63) is 17.5 Å². The highest BCUT2D eigenvalue weighted by atomic mass is 16.5. The monoisotopic (exact) mass is 166 g/mol. The molecule has 0 aromatic carbocycles. The highest BCUT2D eigenvalue weighted by Gasteiger charge is 2.27. The Kier molecular flexibility index (Phi) is 1.69. The summed E-state index contributed by atoms with van der Waals surface area (Å²) in [5, 5.41) is 6.85. The van der Waals surface area contributed by atoms with E-state index in [-0.39, 0.29) is 11.8 Å². The maximum Gasteiger partial charge on any atom is 0.157 e. The lowest BCUT2D eigenvalue weighted by molar-refractivity contribution is -0.118. The van der Waals surface area contributed by atoms with Crippen LogP contribution in [0.2, 0.25) is 0 Å². The van der Waals surface area contributed by atoms with Crippen molar-refractivity contribution < 1.29 is 9.32 Å². The number of aryl methyl sites for hydroxylation is 1. The largest absolute Gasteiger partial charge is 0.361 e. The quantitative estimate of drug-likeness (QED) is 0.663. The molecule has 4 nitrogen and oxygen atoms in total. The van der Waals surface area contributed by atoms with E-state index >= 15 is 0 Å². The van der Waals surface area contributed by atoms with E-state index in [0.29, 0.717) is 12.1 Å². The van der Waals surface area contributed by atoms with Gasteiger partial charge in [0.1, 0.15) is 17.5 Å². The molecule has 2 rings (SSSR count). The van der Waals surface area contributed by atoms with Crippen LogP contribution in [0.15, 0.2) is 10.6 Å². The van der Waals surface area contributed by atoms with E-state index in [1.165, 1.54) is 0 Å². The van der Waals surface area contributed by atoms with Gasteiger partial charge in [0.05, 0.1) is 0 Å². The normalized spacial score (nSPS) is 23.4. The van der Waals surface area contributed by atoms with Crippen molar-refractivity contribution >= 4 is 5.78 Å². The molecule has 0 saturated carbocycles. The Labute approximate surface area is 69.9 Å². The molecule has 4 heteroatoms. The van der Waals surface area contributed by atoms with Gasteiger partial charge in [-0.15, -0.1) is 0 Å². The molecule has 0 bridgehead atoms. The Bertz CT molecular complexity index is 306. The van der Waals surface area contributed by atoms with Crippen LogP contribution in [-0.2, 0) is 4.79 Å². The van der Waals surface area contributed by atoms with Gasteiger partial charge in [-0.05, 0) is 6.92 Å². The molecule has 2 heterocycles. The second-order valence-corrected chi connectivity index (χ2v) is 2.97. The van der Waals surface area contributed by atoms with E-state index < -0.39 is 0 Å². The molecule has 1 unspecified atom stereocenters. The molecular formula is C8H10N2O2. The van der Waals surface area contributed by atoms with Gasteiger partial charge >= 0.3 is 0 Å². The molecule has 1 aliphatic rings. The maximum absolute atomic E-state index is 11.2. The molecule has 0 amide bonds. The summed E-state index contributed by atoms with van der Waals surface area (Å²) in [5.74, 6) is 0.940. The van der Waals surface area contributed by atoms with Crippen molar-refractivity contribution in [2.75, 3.05) is 6.54 Å². The van der Waals surface area contributed by atoms with Gasteiger partial charge in [0, 0.05) is 19.0 Å². The number of hydrogen-bond acceptors (Lipinski definition) is 4. The zero-order valence-electron chi connectivity index (χ0n) is 6.83. The van der Waals surface area contributed by atoms with E-state index in [1.807, 2.05) is 6.92 Å². The smallest absolute Gasteiger partial charge is 0.157 e. The van der Waals surface area contributed by atoms with Gasteiger partial charge in [0.25, 0.3) is 0 Å². The fourth-order valence-corrected chi connectivity index (χ4v) is 1.39. The molecule has 0 aliphatic carbocycles. The van der Waals surface area contributed by atoms with E-state index in [2.05, 4.69) is 10.5 Å². The first-order valence-electron chi connectivity index (χ1n) is 3.96. The van der Waals surface area contributed by atoms with Crippen molar-refractivity contribution in [2.24, 2.45) is 0 Å². The molecule has 1 fully saturated rings. The summed E-state index contributed by atoms with van der Waals surface area (Å²) in [6.07, 6.45) is 0.594. The van der Waals surface area contributed by atoms with Gasteiger partial charge in [-0.1, -0.05) is 5.16 Å². The number of carbonyl (C=O) groups is 1. The first kappa shape index (κ1) is 7.49. The molecule has 1 saturated heterocycles. The van der Waals surface area contributed by atoms with Crippen LogP contribution in [0.3, 0.4) is 0 Å². The molecule has 1 aliphatic heterocycles. The van der Waals surface area contributed by atoms with Gasteiger partial charge in [0.15, 0.2) is 5.78 Å². The van der Waals surface area contributed by atoms with E-state index in [0.717, 1.165) is 12.3 Å². The van der Waals surface area contributed by atoms with Crippen molar-refractivity contribution in [1.82, 2.24) is 10.5 Å². The number of nitrogens with one attached hydrogen (secondary N) is 1. The second-order valence-electron chi connectivity index (χ2n) is 2.97. The molecule has 64 valence electrons. The zero-order chi connectivity index (χ0) is 8.55. The highest BCUT2D eigenvalue weighted by molar-refractivity contribution is 5.86. The van der Waals surface area contributed by atoms with Gasteiger partial charge in [-0.2, -0.15) is 0 Å². The van der Waals surface area contributed by atoms with E-state index in [1.54, 1.807) is 6.07 Å². The van der Waals surface area contributed by atoms with E-state index in [9.17, 15) is 4.79 Å². The summed E-state index contributed by atoms with van der Waals surface area (Å²) in [5.41, 5.74) is 0.704. The average Bonchev–Trinajstić information content (AvgIpc) is 2.58. The standard InChI is InChI=1S/C8H10N2O2/c1-5-4-6(10-12-5)8-7(11)2-3-9-8/h4,8-9H,2-3H2,1H3. The summed E-state index contributed by atoms with van der Waals surface area (Å²) in [4.78, 5) is 11.2. The van der Waals surface area contributed by atoms with Crippen LogP contribution in [0.25, 0.3) is 0 Å². The lowest BCUT2D eigenvalue weighted by atomic mass is 10.1. The molecule has 1 atom stereocenters. The maximum atomic E-state index is 11.2. The van der Waals surface area contributed by atoms with Crippen molar-refractivity contribution in [3.8, 4) is 0 Å². The van der Waals surface area contributed by atoms with E-state index in [4.69, 9.17) is 4.52 Å². The number of rotatable bonds is 1. The fourth-order valence-electron chi connectivity index (χ4n) is 1.39. The van der Waals surface area contributed by atoms with Crippen LogP contribution in [0.1, 0.15) is 23.9 Å². The number of carbonyl (C=O) groups excluding carboxylic acids is 1. The lowest BCUT2D eigenvalue weighted by Gasteiger charge is -2.01. The lowest BCUT2D eigenvalue weighted by Crippen LogP contribution is -2.17. The van der Waals surface area contributed by atoms with Crippen LogP contribution in [-0.4, -0.2) is 17.5 Å². The number of hydrogen-bond donors (Lipinski definition) is 1. The number of nitrogens with zero attached hydrogens (tertiary/aromatic N) is 1. The van der Waals surface area contributed by atoms with Crippen LogP contribution in [0.5, 0.6) is 0 Å². The predicted octanol–water partition coefficient (Wildman–Crippen LogP) is 0.587. The van der Waals surface area contributed by atoms with Crippen molar-refractivity contribution in [3.63, 3.8) is 0 Å². The Morgan fingerprint density at radius 3 is 3.08 bits per heavy atom. The average molecular weight is 166 g/mol. The molecule has 1 N–H and O–H groups in total. The van der Waals surface area contributed by atoms with Crippen molar-refractivity contribution in [2.45, 2.75) is 19.4 Å². The van der Waals surface area contributed by atoms with Crippen molar-refractivity contribution in [1.29, 1.82) is 0 Å². The van der Waals surface area contributed by atoms with Crippen LogP contribution < -0.4 is 5.32 Å². The SMILES string of the molecule is Cc1cc(C2NCCC2=O)no1. The molecular weight excluding hydrogens is 156 g/mol. The summed E-state index contributed by atoms with van der Waals surface area (Å²) in [6, 6.07) is 1.56. The fraction of sp³-hybridized carbons (Fsp3) is 0.500. The minimum Gasteiger partial charge on any atom is -0.361 e. The Hall–Kier alpha value is -1.16. The number of Topliss-reactive ketones (excluding diaryl/α,β-unsaturated/α-hetero) is 1. The third kappa shape index (κ3) is 1.14. The first-order valence-corrected chi connectivity index (χ1v) is 3.96. The zero-order valence-corrected chi connectivity index (χ0v) is 6.83.